The quantitative estimate of drug-likeness (QED) is 0.228. The summed E-state index contributed by atoms with van der Waals surface area (Å²) in [4.78, 5) is 51.9. The normalized spacial score (nSPS) is 11.2. The Morgan fingerprint density at radius 3 is 2.33 bits per heavy atom. The lowest BCUT2D eigenvalue weighted by atomic mass is 10.1. The zero-order chi connectivity index (χ0) is 23.9. The first-order chi connectivity index (χ1) is 15.7. The van der Waals surface area contributed by atoms with Crippen LogP contribution in [0.4, 0.5) is 11.4 Å². The molecule has 4 aromatic rings. The second kappa shape index (κ2) is 8.43. The van der Waals surface area contributed by atoms with E-state index < -0.39 is 32.2 Å². The molecule has 0 amide bonds. The smallest absolute Gasteiger partial charge is 0.277 e. The van der Waals surface area contributed by atoms with Crippen LogP contribution in [0.5, 0.6) is 0 Å². The summed E-state index contributed by atoms with van der Waals surface area (Å²) in [6, 6.07) is 7.34. The Kier molecular flexibility index (Phi) is 5.64. The van der Waals surface area contributed by atoms with E-state index in [4.69, 9.17) is 16.0 Å². The second-order valence-corrected chi connectivity index (χ2v) is 7.69. The molecule has 12 heteroatoms. The van der Waals surface area contributed by atoms with Gasteiger partial charge in [0.1, 0.15) is 11.4 Å². The first-order valence-corrected chi connectivity index (χ1v) is 10.2. The number of nitro benzene ring substituents is 2. The van der Waals surface area contributed by atoms with Crippen LogP contribution in [0.25, 0.3) is 33.5 Å². The second-order valence-electron chi connectivity index (χ2n) is 7.25. The first kappa shape index (κ1) is 22.1. The minimum Gasteiger partial charge on any atom is -0.437 e. The molecule has 0 aliphatic heterocycles. The van der Waals surface area contributed by atoms with E-state index in [-0.39, 0.29) is 45.0 Å². The van der Waals surface area contributed by atoms with Gasteiger partial charge < -0.3 is 4.42 Å². The molecule has 0 N–H and O–H groups in total. The minimum absolute atomic E-state index is 0.0233. The first-order valence-electron chi connectivity index (χ1n) is 9.82. The van der Waals surface area contributed by atoms with Gasteiger partial charge in [-0.3, -0.25) is 34.4 Å². The molecule has 0 saturated carbocycles. The van der Waals surface area contributed by atoms with Crippen molar-refractivity contribution in [2.24, 2.45) is 0 Å². The van der Waals surface area contributed by atoms with Crippen molar-refractivity contribution in [2.75, 3.05) is 0 Å². The van der Waals surface area contributed by atoms with Crippen molar-refractivity contribution in [2.45, 2.75) is 26.3 Å². The van der Waals surface area contributed by atoms with E-state index in [1.54, 1.807) is 0 Å². The minimum atomic E-state index is -0.774. The molecule has 4 rings (SSSR count). The lowest BCUT2D eigenvalue weighted by Crippen LogP contribution is -2.27. The number of unbranched alkanes of at least 4 members (excludes halogenated alkanes) is 1. The highest BCUT2D eigenvalue weighted by molar-refractivity contribution is 6.31. The molecule has 0 radical (unpaired) electrons. The van der Waals surface area contributed by atoms with Crippen molar-refractivity contribution in [3.63, 3.8) is 0 Å². The summed E-state index contributed by atoms with van der Waals surface area (Å²) in [7, 11) is 0. The lowest BCUT2D eigenvalue weighted by Gasteiger charge is -2.13. The van der Waals surface area contributed by atoms with Gasteiger partial charge in [-0.15, -0.1) is 0 Å². The molecular weight excluding hydrogens is 456 g/mol. The highest BCUT2D eigenvalue weighted by atomic mass is 35.5. The average Bonchev–Trinajstić information content (AvgIpc) is 2.78. The zero-order valence-corrected chi connectivity index (χ0v) is 17.9. The van der Waals surface area contributed by atoms with Crippen molar-refractivity contribution in [3.05, 3.63) is 82.2 Å². The molecule has 0 unspecified atom stereocenters. The predicted molar refractivity (Wildman–Crippen MR) is 121 cm³/mol. The Morgan fingerprint density at radius 2 is 1.73 bits per heavy atom. The van der Waals surface area contributed by atoms with Gasteiger partial charge in [0.25, 0.3) is 16.9 Å². The number of halogens is 1. The summed E-state index contributed by atoms with van der Waals surface area (Å²) in [6.07, 6.45) is 1.22. The number of benzene rings is 2. The predicted octanol–water partition coefficient (Wildman–Crippen LogP) is 4.44. The molecule has 2 aromatic heterocycles. The van der Waals surface area contributed by atoms with E-state index in [2.05, 4.69) is 4.98 Å². The molecule has 33 heavy (non-hydrogen) atoms. The van der Waals surface area contributed by atoms with Crippen LogP contribution in [0, 0.1) is 20.2 Å². The van der Waals surface area contributed by atoms with E-state index in [9.17, 15) is 29.8 Å². The van der Waals surface area contributed by atoms with Gasteiger partial charge in [-0.2, -0.15) is 4.98 Å². The van der Waals surface area contributed by atoms with Gasteiger partial charge in [0.2, 0.25) is 11.1 Å². The molecule has 2 aromatic carbocycles. The number of nitrogens with zero attached hydrogens (tertiary/aromatic N) is 4. The summed E-state index contributed by atoms with van der Waals surface area (Å²) in [6.45, 7) is 2.03. The number of aromatic nitrogens is 2. The molecule has 0 spiro atoms. The Balaban J connectivity index is 2.12. The third-order valence-corrected chi connectivity index (χ3v) is 5.31. The summed E-state index contributed by atoms with van der Waals surface area (Å²) >= 11 is 5.98. The summed E-state index contributed by atoms with van der Waals surface area (Å²) < 4.78 is 6.87. The van der Waals surface area contributed by atoms with Gasteiger partial charge in [0, 0.05) is 29.3 Å². The Hall–Kier alpha value is -4.12. The Bertz CT molecular complexity index is 1540. The van der Waals surface area contributed by atoms with E-state index >= 15 is 0 Å². The van der Waals surface area contributed by atoms with Crippen LogP contribution in [0.15, 0.2) is 50.4 Å². The number of hydrogen-bond donors (Lipinski definition) is 0. The van der Waals surface area contributed by atoms with Crippen LogP contribution in [-0.2, 0) is 6.54 Å². The van der Waals surface area contributed by atoms with Crippen LogP contribution < -0.4 is 11.0 Å². The van der Waals surface area contributed by atoms with Crippen molar-refractivity contribution >= 4 is 45.0 Å². The molecule has 11 nitrogen and oxygen atoms in total. The van der Waals surface area contributed by atoms with Gasteiger partial charge in [-0.05, 0) is 24.6 Å². The largest absolute Gasteiger partial charge is 0.437 e. The summed E-state index contributed by atoms with van der Waals surface area (Å²) in [5, 5.41) is 22.8. The molecule has 0 atom stereocenters. The van der Waals surface area contributed by atoms with Crippen LogP contribution in [0.2, 0.25) is 5.02 Å². The zero-order valence-electron chi connectivity index (χ0n) is 17.1. The fourth-order valence-corrected chi connectivity index (χ4v) is 3.66. The van der Waals surface area contributed by atoms with Crippen molar-refractivity contribution in [1.29, 1.82) is 0 Å². The standard InChI is InChI=1S/C21H15ClN4O7/c1-2-3-6-24-19(11-7-13(25(29)30)10-14(8-11)26(31)32)23-20-17(21(24)28)18(27)15-9-12(22)4-5-16(15)33-20/h4-5,7-10H,2-3,6H2,1H3. The summed E-state index contributed by atoms with van der Waals surface area (Å²) in [5.74, 6) is -0.0794. The highest BCUT2D eigenvalue weighted by Crippen LogP contribution is 2.29. The molecule has 0 bridgehead atoms. The molecule has 0 aliphatic carbocycles. The van der Waals surface area contributed by atoms with Crippen LogP contribution in [0.3, 0.4) is 0 Å². The van der Waals surface area contributed by atoms with Crippen molar-refractivity contribution < 1.29 is 14.3 Å². The van der Waals surface area contributed by atoms with Crippen LogP contribution in [-0.4, -0.2) is 19.4 Å². The topological polar surface area (TPSA) is 151 Å². The van der Waals surface area contributed by atoms with Crippen molar-refractivity contribution in [1.82, 2.24) is 9.55 Å². The van der Waals surface area contributed by atoms with Gasteiger partial charge in [0.05, 0.1) is 21.3 Å². The van der Waals surface area contributed by atoms with Gasteiger partial charge in [0.15, 0.2) is 5.39 Å². The Labute approximate surface area is 189 Å². The molecule has 0 fully saturated rings. The van der Waals surface area contributed by atoms with E-state index in [0.717, 1.165) is 18.2 Å². The summed E-state index contributed by atoms with van der Waals surface area (Å²) in [5.41, 5.74) is -2.57. The maximum Gasteiger partial charge on any atom is 0.277 e. The third-order valence-electron chi connectivity index (χ3n) is 5.07. The number of hydrogen-bond acceptors (Lipinski definition) is 8. The highest BCUT2D eigenvalue weighted by Gasteiger charge is 2.23. The van der Waals surface area contributed by atoms with Gasteiger partial charge in [-0.25, -0.2) is 0 Å². The SMILES string of the molecule is CCCCn1c(-c2cc([N+](=O)[O-])cc([N+](=O)[O-])c2)nc2oc3ccc(Cl)cc3c(=O)c2c1=O. The molecule has 0 aliphatic rings. The monoisotopic (exact) mass is 470 g/mol. The number of nitro groups is 2. The van der Waals surface area contributed by atoms with Crippen LogP contribution in [0.1, 0.15) is 19.8 Å². The van der Waals surface area contributed by atoms with Crippen molar-refractivity contribution in [3.8, 4) is 11.4 Å². The maximum absolute atomic E-state index is 13.4. The van der Waals surface area contributed by atoms with E-state index in [1.807, 2.05) is 6.92 Å². The van der Waals surface area contributed by atoms with Crippen LogP contribution >= 0.6 is 11.6 Å². The van der Waals surface area contributed by atoms with Gasteiger partial charge >= 0.3 is 0 Å². The number of fused-ring (bicyclic) bond motifs is 2. The van der Waals surface area contributed by atoms with Gasteiger partial charge in [-0.1, -0.05) is 24.9 Å². The number of rotatable bonds is 6. The maximum atomic E-state index is 13.4. The molecule has 168 valence electrons. The Morgan fingerprint density at radius 1 is 1.06 bits per heavy atom. The van der Waals surface area contributed by atoms with E-state index in [0.29, 0.717) is 12.8 Å². The molecule has 0 saturated heterocycles. The fraction of sp³-hybridized carbons (Fsp3) is 0.190. The number of non-ortho nitro benzene ring substituents is 2. The lowest BCUT2D eigenvalue weighted by molar-refractivity contribution is -0.394. The average molecular weight is 471 g/mol. The third kappa shape index (κ3) is 3.94. The molecular formula is C21H15ClN4O7. The molecule has 2 heterocycles. The van der Waals surface area contributed by atoms with E-state index in [1.165, 1.54) is 22.8 Å². The fourth-order valence-electron chi connectivity index (χ4n) is 3.49.